The monoisotopic (exact) mass is 310 g/mol. The van der Waals surface area contributed by atoms with Gasteiger partial charge in [0.1, 0.15) is 4.90 Å². The van der Waals surface area contributed by atoms with E-state index in [1.807, 2.05) is 19.1 Å². The first-order valence-electron chi connectivity index (χ1n) is 6.10. The van der Waals surface area contributed by atoms with Crippen LogP contribution in [0, 0.1) is 0 Å². The third-order valence-corrected chi connectivity index (χ3v) is 4.74. The molecule has 0 aliphatic heterocycles. The molecule has 0 fully saturated rings. The molecule has 20 heavy (non-hydrogen) atoms. The molecule has 4 nitrogen and oxygen atoms in total. The Morgan fingerprint density at radius 1 is 1.20 bits per heavy atom. The molecule has 3 N–H and O–H groups in total. The van der Waals surface area contributed by atoms with E-state index in [2.05, 4.69) is 4.72 Å². The van der Waals surface area contributed by atoms with Crippen LogP contribution in [0.25, 0.3) is 0 Å². The van der Waals surface area contributed by atoms with Crippen LogP contribution in [-0.4, -0.2) is 8.42 Å². The number of hydrogen-bond acceptors (Lipinski definition) is 3. The summed E-state index contributed by atoms with van der Waals surface area (Å²) >= 11 is 5.95. The first-order chi connectivity index (χ1) is 9.44. The average Bonchev–Trinajstić information content (AvgIpc) is 2.38. The van der Waals surface area contributed by atoms with Gasteiger partial charge in [-0.3, -0.25) is 4.72 Å². The van der Waals surface area contributed by atoms with Gasteiger partial charge in [0, 0.05) is 5.69 Å². The number of benzene rings is 2. The van der Waals surface area contributed by atoms with Crippen LogP contribution in [0.1, 0.15) is 12.5 Å². The summed E-state index contributed by atoms with van der Waals surface area (Å²) in [5.41, 5.74) is 7.47. The molecule has 2 aromatic carbocycles. The van der Waals surface area contributed by atoms with Gasteiger partial charge in [-0.25, -0.2) is 8.42 Å². The molecule has 0 radical (unpaired) electrons. The summed E-state index contributed by atoms with van der Waals surface area (Å²) < 4.78 is 27.3. The highest BCUT2D eigenvalue weighted by Crippen LogP contribution is 2.27. The van der Waals surface area contributed by atoms with E-state index >= 15 is 0 Å². The van der Waals surface area contributed by atoms with E-state index in [4.69, 9.17) is 17.3 Å². The average molecular weight is 311 g/mol. The van der Waals surface area contributed by atoms with Gasteiger partial charge in [-0.2, -0.15) is 0 Å². The van der Waals surface area contributed by atoms with Crippen LogP contribution in [0.2, 0.25) is 5.02 Å². The zero-order chi connectivity index (χ0) is 14.8. The fourth-order valence-electron chi connectivity index (χ4n) is 1.86. The zero-order valence-electron chi connectivity index (χ0n) is 10.9. The van der Waals surface area contributed by atoms with E-state index in [-0.39, 0.29) is 9.92 Å². The first-order valence-corrected chi connectivity index (χ1v) is 7.96. The molecule has 0 spiro atoms. The zero-order valence-corrected chi connectivity index (χ0v) is 12.5. The van der Waals surface area contributed by atoms with Crippen molar-refractivity contribution in [3.8, 4) is 0 Å². The summed E-state index contributed by atoms with van der Waals surface area (Å²) in [5, 5.41) is 0.103. The van der Waals surface area contributed by atoms with Crippen molar-refractivity contribution in [1.29, 1.82) is 0 Å². The molecular formula is C14H15ClN2O2S. The summed E-state index contributed by atoms with van der Waals surface area (Å²) in [6, 6.07) is 11.6. The number of hydrogen-bond donors (Lipinski definition) is 2. The predicted octanol–water partition coefficient (Wildman–Crippen LogP) is 3.29. The lowest BCUT2D eigenvalue weighted by molar-refractivity contribution is 0.601. The van der Waals surface area contributed by atoms with Crippen molar-refractivity contribution in [2.24, 2.45) is 0 Å². The lowest BCUT2D eigenvalue weighted by Gasteiger charge is -2.12. The fourth-order valence-corrected chi connectivity index (χ4v) is 3.52. The summed E-state index contributed by atoms with van der Waals surface area (Å²) in [7, 11) is -3.73. The number of nitrogens with two attached hydrogens (primary N) is 1. The maximum atomic E-state index is 12.4. The summed E-state index contributed by atoms with van der Waals surface area (Å²) in [4.78, 5) is 0.0132. The van der Waals surface area contributed by atoms with Gasteiger partial charge in [0.15, 0.2) is 0 Å². The summed E-state index contributed by atoms with van der Waals surface area (Å²) in [6.07, 6.45) is 0.730. The molecule has 106 valence electrons. The quantitative estimate of drug-likeness (QED) is 0.851. The van der Waals surface area contributed by atoms with E-state index in [1.54, 1.807) is 12.1 Å². The van der Waals surface area contributed by atoms with Crippen LogP contribution in [0.15, 0.2) is 47.4 Å². The normalized spacial score (nSPS) is 11.3. The van der Waals surface area contributed by atoms with Gasteiger partial charge in [0.05, 0.1) is 10.7 Å². The van der Waals surface area contributed by atoms with Crippen molar-refractivity contribution in [3.63, 3.8) is 0 Å². The van der Waals surface area contributed by atoms with Crippen LogP contribution in [0.4, 0.5) is 11.4 Å². The largest absolute Gasteiger partial charge is 0.399 e. The number of sulfonamides is 1. The highest BCUT2D eigenvalue weighted by molar-refractivity contribution is 7.92. The number of halogens is 1. The van der Waals surface area contributed by atoms with Gasteiger partial charge in [-0.05, 0) is 36.2 Å². The van der Waals surface area contributed by atoms with Gasteiger partial charge in [-0.15, -0.1) is 0 Å². The third kappa shape index (κ3) is 3.05. The van der Waals surface area contributed by atoms with Crippen LogP contribution in [0.5, 0.6) is 0 Å². The number of aryl methyl sites for hydroxylation is 1. The topological polar surface area (TPSA) is 72.2 Å². The molecule has 0 saturated heterocycles. The molecule has 2 aromatic rings. The van der Waals surface area contributed by atoms with Crippen molar-refractivity contribution in [2.75, 3.05) is 10.5 Å². The van der Waals surface area contributed by atoms with Crippen molar-refractivity contribution < 1.29 is 8.42 Å². The smallest absolute Gasteiger partial charge is 0.263 e. The maximum Gasteiger partial charge on any atom is 0.263 e. The summed E-state index contributed by atoms with van der Waals surface area (Å²) in [5.74, 6) is 0. The Bertz CT molecular complexity index is 730. The second-order valence-electron chi connectivity index (χ2n) is 4.31. The number of anilines is 2. The van der Waals surface area contributed by atoms with E-state index < -0.39 is 10.0 Å². The Labute approximate surface area is 123 Å². The number of nitrogen functional groups attached to an aromatic ring is 1. The highest BCUT2D eigenvalue weighted by Gasteiger charge is 2.19. The molecule has 0 amide bonds. The molecule has 0 bridgehead atoms. The number of rotatable bonds is 4. The summed E-state index contributed by atoms with van der Waals surface area (Å²) in [6.45, 7) is 1.96. The van der Waals surface area contributed by atoms with Crippen LogP contribution in [-0.2, 0) is 16.4 Å². The van der Waals surface area contributed by atoms with Gasteiger partial charge < -0.3 is 5.73 Å². The third-order valence-electron chi connectivity index (χ3n) is 2.89. The SMILES string of the molecule is CCc1ccccc1NS(=O)(=O)c1ccc(N)cc1Cl. The molecule has 0 aliphatic carbocycles. The van der Waals surface area contributed by atoms with Crippen LogP contribution >= 0.6 is 11.6 Å². The predicted molar refractivity (Wildman–Crippen MR) is 82.5 cm³/mol. The lowest BCUT2D eigenvalue weighted by Crippen LogP contribution is -2.14. The molecule has 0 unspecified atom stereocenters. The fraction of sp³-hybridized carbons (Fsp3) is 0.143. The number of para-hydroxylation sites is 1. The van der Waals surface area contributed by atoms with Crippen LogP contribution in [0.3, 0.4) is 0 Å². The Morgan fingerprint density at radius 2 is 1.90 bits per heavy atom. The van der Waals surface area contributed by atoms with Gasteiger partial charge >= 0.3 is 0 Å². The Hall–Kier alpha value is -1.72. The minimum atomic E-state index is -3.73. The minimum absolute atomic E-state index is 0.0132. The molecule has 0 aliphatic rings. The standard InChI is InChI=1S/C14H15ClN2O2S/c1-2-10-5-3-4-6-13(10)17-20(18,19)14-8-7-11(16)9-12(14)15/h3-9,17H,2,16H2,1H3. The first kappa shape index (κ1) is 14.7. The molecule has 0 heterocycles. The van der Waals surface area contributed by atoms with Crippen LogP contribution < -0.4 is 10.5 Å². The second-order valence-corrected chi connectivity index (χ2v) is 6.36. The molecule has 6 heteroatoms. The maximum absolute atomic E-state index is 12.4. The van der Waals surface area contributed by atoms with E-state index in [0.717, 1.165) is 12.0 Å². The molecule has 0 atom stereocenters. The molecule has 0 aromatic heterocycles. The van der Waals surface area contributed by atoms with Gasteiger partial charge in [0.2, 0.25) is 0 Å². The molecule has 0 saturated carbocycles. The van der Waals surface area contributed by atoms with E-state index in [0.29, 0.717) is 11.4 Å². The van der Waals surface area contributed by atoms with E-state index in [1.165, 1.54) is 18.2 Å². The Morgan fingerprint density at radius 3 is 2.55 bits per heavy atom. The molecule has 2 rings (SSSR count). The van der Waals surface area contributed by atoms with Crippen molar-refractivity contribution in [2.45, 2.75) is 18.2 Å². The van der Waals surface area contributed by atoms with Gasteiger partial charge in [-0.1, -0.05) is 36.7 Å². The van der Waals surface area contributed by atoms with Crippen molar-refractivity contribution in [3.05, 3.63) is 53.1 Å². The van der Waals surface area contributed by atoms with Crippen molar-refractivity contribution >= 4 is 33.0 Å². The Kier molecular flexibility index (Phi) is 4.20. The Balaban J connectivity index is 2.41. The molecular weight excluding hydrogens is 296 g/mol. The highest BCUT2D eigenvalue weighted by atomic mass is 35.5. The van der Waals surface area contributed by atoms with Gasteiger partial charge in [0.25, 0.3) is 10.0 Å². The number of nitrogens with one attached hydrogen (secondary N) is 1. The lowest BCUT2D eigenvalue weighted by atomic mass is 10.1. The van der Waals surface area contributed by atoms with Crippen molar-refractivity contribution in [1.82, 2.24) is 0 Å². The second kappa shape index (κ2) is 5.73. The minimum Gasteiger partial charge on any atom is -0.399 e. The van der Waals surface area contributed by atoms with E-state index in [9.17, 15) is 8.42 Å².